The molecule has 18 heavy (non-hydrogen) atoms. The second-order valence-electron chi connectivity index (χ2n) is 3.54. The van der Waals surface area contributed by atoms with E-state index in [9.17, 15) is 14.7 Å². The Morgan fingerprint density at radius 1 is 1.39 bits per heavy atom. The molecule has 0 atom stereocenters. The zero-order chi connectivity index (χ0) is 13.5. The monoisotopic (exact) mass is 253 g/mol. The van der Waals surface area contributed by atoms with E-state index in [0.29, 0.717) is 11.3 Å². The van der Waals surface area contributed by atoms with Crippen molar-refractivity contribution in [1.29, 1.82) is 0 Å². The number of hydrogen-bond acceptors (Lipinski definition) is 5. The summed E-state index contributed by atoms with van der Waals surface area (Å²) in [5, 5.41) is 11.7. The van der Waals surface area contributed by atoms with Gasteiger partial charge in [0.2, 0.25) is 0 Å². The van der Waals surface area contributed by atoms with Crippen LogP contribution in [-0.4, -0.2) is 30.9 Å². The van der Waals surface area contributed by atoms with E-state index in [0.717, 1.165) is 5.56 Å². The number of carbonyl (C=O) groups is 2. The highest BCUT2D eigenvalue weighted by molar-refractivity contribution is 5.87. The number of carbonyl (C=O) groups excluding carboxylic acids is 2. The number of nitrogens with one attached hydrogen (secondary N) is 1. The first-order valence-electron chi connectivity index (χ1n) is 5.28. The first kappa shape index (κ1) is 14.0. The third-order valence-electron chi connectivity index (χ3n) is 2.35. The summed E-state index contributed by atoms with van der Waals surface area (Å²) >= 11 is 0. The van der Waals surface area contributed by atoms with Crippen molar-refractivity contribution in [3.63, 3.8) is 0 Å². The van der Waals surface area contributed by atoms with Gasteiger partial charge in [-0.15, -0.1) is 0 Å². The lowest BCUT2D eigenvalue weighted by atomic mass is 10.1. The summed E-state index contributed by atoms with van der Waals surface area (Å²) in [5.74, 6) is -0.642. The van der Waals surface area contributed by atoms with E-state index in [1.807, 2.05) is 13.0 Å². The molecular weight excluding hydrogens is 238 g/mol. The van der Waals surface area contributed by atoms with Crippen molar-refractivity contribution in [2.75, 3.05) is 19.0 Å². The average Bonchev–Trinajstić information content (AvgIpc) is 2.36. The van der Waals surface area contributed by atoms with Gasteiger partial charge in [0.1, 0.15) is 0 Å². The molecular formula is C12H15NO5. The van der Waals surface area contributed by atoms with Crippen LogP contribution in [0.3, 0.4) is 0 Å². The lowest BCUT2D eigenvalue weighted by molar-refractivity contribution is -0.143. The van der Waals surface area contributed by atoms with Gasteiger partial charge in [0, 0.05) is 11.3 Å². The van der Waals surface area contributed by atoms with E-state index in [2.05, 4.69) is 14.8 Å². The molecule has 98 valence electrons. The van der Waals surface area contributed by atoms with Gasteiger partial charge in [-0.3, -0.25) is 5.32 Å². The molecule has 6 nitrogen and oxygen atoms in total. The van der Waals surface area contributed by atoms with Crippen LogP contribution in [-0.2, 0) is 20.9 Å². The van der Waals surface area contributed by atoms with Gasteiger partial charge in [-0.25, -0.2) is 9.59 Å². The highest BCUT2D eigenvalue weighted by Crippen LogP contribution is 2.19. The van der Waals surface area contributed by atoms with Gasteiger partial charge in [0.25, 0.3) is 0 Å². The molecule has 0 aliphatic carbocycles. The maximum absolute atomic E-state index is 11.4. The number of aryl methyl sites for hydroxylation is 1. The first-order valence-corrected chi connectivity index (χ1v) is 5.28. The molecule has 0 aliphatic rings. The highest BCUT2D eigenvalue weighted by Gasteiger charge is 2.10. The SMILES string of the molecule is COC(=O)COC(=O)Nc1cccc(C)c1CO. The Morgan fingerprint density at radius 3 is 2.72 bits per heavy atom. The molecule has 0 spiro atoms. The predicted molar refractivity (Wildman–Crippen MR) is 64.1 cm³/mol. The second-order valence-corrected chi connectivity index (χ2v) is 3.54. The zero-order valence-electron chi connectivity index (χ0n) is 10.2. The van der Waals surface area contributed by atoms with Gasteiger partial charge in [-0.05, 0) is 18.6 Å². The molecule has 0 saturated carbocycles. The van der Waals surface area contributed by atoms with E-state index in [1.165, 1.54) is 7.11 Å². The van der Waals surface area contributed by atoms with Gasteiger partial charge in [-0.2, -0.15) is 0 Å². The fourth-order valence-electron chi connectivity index (χ4n) is 1.36. The van der Waals surface area contributed by atoms with Crippen LogP contribution in [0.4, 0.5) is 10.5 Å². The maximum atomic E-state index is 11.4. The van der Waals surface area contributed by atoms with Crippen molar-refractivity contribution in [2.45, 2.75) is 13.5 Å². The van der Waals surface area contributed by atoms with Crippen molar-refractivity contribution >= 4 is 17.7 Å². The van der Waals surface area contributed by atoms with Gasteiger partial charge < -0.3 is 14.6 Å². The third kappa shape index (κ3) is 3.74. The lowest BCUT2D eigenvalue weighted by Crippen LogP contribution is -2.20. The smallest absolute Gasteiger partial charge is 0.412 e. The molecule has 0 aromatic heterocycles. The normalized spacial score (nSPS) is 9.72. The van der Waals surface area contributed by atoms with Crippen molar-refractivity contribution in [3.05, 3.63) is 29.3 Å². The van der Waals surface area contributed by atoms with Crippen molar-refractivity contribution in [2.24, 2.45) is 0 Å². The summed E-state index contributed by atoms with van der Waals surface area (Å²) in [6, 6.07) is 5.19. The number of esters is 1. The molecule has 1 rings (SSSR count). The Balaban J connectivity index is 2.64. The second kappa shape index (κ2) is 6.61. The molecule has 0 aliphatic heterocycles. The molecule has 6 heteroatoms. The fourth-order valence-corrected chi connectivity index (χ4v) is 1.36. The summed E-state index contributed by atoms with van der Waals surface area (Å²) in [7, 11) is 1.20. The van der Waals surface area contributed by atoms with Crippen molar-refractivity contribution < 1.29 is 24.2 Å². The van der Waals surface area contributed by atoms with E-state index in [-0.39, 0.29) is 6.61 Å². The number of amides is 1. The molecule has 0 heterocycles. The quantitative estimate of drug-likeness (QED) is 0.788. The molecule has 1 aromatic carbocycles. The van der Waals surface area contributed by atoms with E-state index >= 15 is 0 Å². The molecule has 0 bridgehead atoms. The van der Waals surface area contributed by atoms with Crippen LogP contribution in [0.1, 0.15) is 11.1 Å². The average molecular weight is 253 g/mol. The number of aliphatic hydroxyl groups excluding tert-OH is 1. The summed E-state index contributed by atoms with van der Waals surface area (Å²) < 4.78 is 8.96. The fraction of sp³-hybridized carbons (Fsp3) is 0.333. The number of anilines is 1. The number of rotatable bonds is 4. The number of methoxy groups -OCH3 is 1. The summed E-state index contributed by atoms with van der Waals surface area (Å²) in [6.07, 6.45) is -0.777. The van der Waals surface area contributed by atoms with E-state index < -0.39 is 18.7 Å². The van der Waals surface area contributed by atoms with Gasteiger partial charge in [-0.1, -0.05) is 12.1 Å². The Morgan fingerprint density at radius 2 is 2.11 bits per heavy atom. The van der Waals surface area contributed by atoms with Gasteiger partial charge in [0.05, 0.1) is 13.7 Å². The number of benzene rings is 1. The maximum Gasteiger partial charge on any atom is 0.412 e. The van der Waals surface area contributed by atoms with Crippen LogP contribution in [0, 0.1) is 6.92 Å². The Hall–Kier alpha value is -2.08. The zero-order valence-corrected chi connectivity index (χ0v) is 10.2. The van der Waals surface area contributed by atoms with Crippen LogP contribution in [0.25, 0.3) is 0 Å². The topological polar surface area (TPSA) is 84.9 Å². The van der Waals surface area contributed by atoms with Crippen molar-refractivity contribution in [3.8, 4) is 0 Å². The van der Waals surface area contributed by atoms with Crippen LogP contribution >= 0.6 is 0 Å². The summed E-state index contributed by atoms with van der Waals surface area (Å²) in [6.45, 7) is 1.17. The van der Waals surface area contributed by atoms with Crippen LogP contribution in [0.15, 0.2) is 18.2 Å². The standard InChI is InChI=1S/C12H15NO5/c1-8-4-3-5-10(9(8)6-14)13-12(16)18-7-11(15)17-2/h3-5,14H,6-7H2,1-2H3,(H,13,16). The molecule has 0 saturated heterocycles. The van der Waals surface area contributed by atoms with E-state index in [4.69, 9.17) is 0 Å². The minimum atomic E-state index is -0.777. The number of ether oxygens (including phenoxy) is 2. The minimum Gasteiger partial charge on any atom is -0.466 e. The Bertz CT molecular complexity index is 444. The van der Waals surface area contributed by atoms with Gasteiger partial charge >= 0.3 is 12.1 Å². The lowest BCUT2D eigenvalue weighted by Gasteiger charge is -2.11. The summed E-state index contributed by atoms with van der Waals surface area (Å²) in [5.41, 5.74) is 1.91. The molecule has 1 amide bonds. The van der Waals surface area contributed by atoms with Crippen LogP contribution in [0.2, 0.25) is 0 Å². The molecule has 0 fully saturated rings. The first-order chi connectivity index (χ1) is 8.58. The largest absolute Gasteiger partial charge is 0.466 e. The molecule has 0 unspecified atom stereocenters. The molecule has 2 N–H and O–H groups in total. The molecule has 1 aromatic rings. The third-order valence-corrected chi connectivity index (χ3v) is 2.35. The predicted octanol–water partition coefficient (Wildman–Crippen LogP) is 1.21. The Labute approximate surface area is 105 Å². The molecule has 0 radical (unpaired) electrons. The highest BCUT2D eigenvalue weighted by atomic mass is 16.6. The van der Waals surface area contributed by atoms with Crippen LogP contribution in [0.5, 0.6) is 0 Å². The number of hydrogen-bond donors (Lipinski definition) is 2. The van der Waals surface area contributed by atoms with E-state index in [1.54, 1.807) is 12.1 Å². The van der Waals surface area contributed by atoms with Crippen LogP contribution < -0.4 is 5.32 Å². The van der Waals surface area contributed by atoms with Crippen molar-refractivity contribution in [1.82, 2.24) is 0 Å². The van der Waals surface area contributed by atoms with Gasteiger partial charge in [0.15, 0.2) is 6.61 Å². The number of aliphatic hydroxyl groups is 1. The minimum absolute atomic E-state index is 0.195. The Kier molecular flexibility index (Phi) is 5.13. The summed E-state index contributed by atoms with van der Waals surface area (Å²) in [4.78, 5) is 22.2.